The first-order valence-electron chi connectivity index (χ1n) is 8.56. The molecule has 0 spiro atoms. The van der Waals surface area contributed by atoms with Gasteiger partial charge in [-0.1, -0.05) is 0 Å². The van der Waals surface area contributed by atoms with Gasteiger partial charge in [0.15, 0.2) is 0 Å². The molecule has 6 N–H and O–H groups in total. The Labute approximate surface area is 142 Å². The second-order valence-corrected chi connectivity index (χ2v) is 6.80. The molecular formula is C15H27N7O2. The van der Waals surface area contributed by atoms with Crippen molar-refractivity contribution in [1.29, 1.82) is 5.26 Å². The van der Waals surface area contributed by atoms with E-state index in [0.29, 0.717) is 19.5 Å². The van der Waals surface area contributed by atoms with Gasteiger partial charge in [-0.3, -0.25) is 10.1 Å². The van der Waals surface area contributed by atoms with Crippen molar-refractivity contribution in [3.63, 3.8) is 0 Å². The molecule has 3 aliphatic heterocycles. The van der Waals surface area contributed by atoms with Gasteiger partial charge in [-0.05, 0) is 18.9 Å². The first kappa shape index (κ1) is 17.5. The number of hydrogen-bond donors (Lipinski definition) is 5. The standard InChI is InChI=1S/C15H27N7O2/c1-24-11-3-5-18-7-10(11)20-15(23)12-13(17)21-22-8-9(2-4-16)6-19-14(12)22/h9-14,18-19,21H,2-3,5-8,17H2,1H3,(H,20,23). The molecule has 9 nitrogen and oxygen atoms in total. The number of nitrogens with two attached hydrogens (primary N) is 1. The van der Waals surface area contributed by atoms with Crippen molar-refractivity contribution in [3.05, 3.63) is 0 Å². The van der Waals surface area contributed by atoms with E-state index in [0.717, 1.165) is 19.5 Å². The predicted octanol–water partition coefficient (Wildman–Crippen LogP) is -2.34. The maximum Gasteiger partial charge on any atom is 0.229 e. The molecule has 24 heavy (non-hydrogen) atoms. The molecule has 6 unspecified atom stereocenters. The Morgan fingerprint density at radius 3 is 3.08 bits per heavy atom. The minimum absolute atomic E-state index is 0.0243. The van der Waals surface area contributed by atoms with Crippen molar-refractivity contribution < 1.29 is 9.53 Å². The average Bonchev–Trinajstić information content (AvgIpc) is 2.90. The van der Waals surface area contributed by atoms with E-state index in [1.54, 1.807) is 7.11 Å². The zero-order valence-electron chi connectivity index (χ0n) is 14.0. The van der Waals surface area contributed by atoms with Crippen molar-refractivity contribution in [2.75, 3.05) is 33.3 Å². The Balaban J connectivity index is 1.61. The highest BCUT2D eigenvalue weighted by molar-refractivity contribution is 5.80. The van der Waals surface area contributed by atoms with Gasteiger partial charge in [-0.2, -0.15) is 5.26 Å². The monoisotopic (exact) mass is 337 g/mol. The number of nitrogens with one attached hydrogen (secondary N) is 4. The van der Waals surface area contributed by atoms with E-state index < -0.39 is 6.17 Å². The number of carbonyl (C=O) groups is 1. The summed E-state index contributed by atoms with van der Waals surface area (Å²) in [7, 11) is 1.68. The van der Waals surface area contributed by atoms with Gasteiger partial charge in [0.05, 0.1) is 36.5 Å². The Bertz CT molecular complexity index is 497. The number of ether oxygens (including phenoxy) is 1. The second-order valence-electron chi connectivity index (χ2n) is 6.80. The van der Waals surface area contributed by atoms with E-state index in [1.165, 1.54) is 0 Å². The summed E-state index contributed by atoms with van der Waals surface area (Å²) < 4.78 is 5.48. The van der Waals surface area contributed by atoms with Crippen LogP contribution in [0.25, 0.3) is 0 Å². The Morgan fingerprint density at radius 1 is 1.50 bits per heavy atom. The zero-order valence-corrected chi connectivity index (χ0v) is 14.0. The summed E-state index contributed by atoms with van der Waals surface area (Å²) in [6.07, 6.45) is 0.803. The van der Waals surface area contributed by atoms with Crippen LogP contribution in [-0.4, -0.2) is 68.7 Å². The van der Waals surface area contributed by atoms with Gasteiger partial charge in [-0.15, -0.1) is 0 Å². The summed E-state index contributed by atoms with van der Waals surface area (Å²) >= 11 is 0. The van der Waals surface area contributed by atoms with E-state index in [4.69, 9.17) is 15.7 Å². The predicted molar refractivity (Wildman–Crippen MR) is 87.0 cm³/mol. The maximum atomic E-state index is 12.8. The topological polar surface area (TPSA) is 127 Å². The lowest BCUT2D eigenvalue weighted by Gasteiger charge is -2.37. The molecule has 0 aliphatic carbocycles. The second kappa shape index (κ2) is 7.74. The average molecular weight is 337 g/mol. The highest BCUT2D eigenvalue weighted by Gasteiger charge is 2.47. The summed E-state index contributed by atoms with van der Waals surface area (Å²) in [5, 5.41) is 20.6. The zero-order chi connectivity index (χ0) is 17.1. The number of rotatable bonds is 4. The number of hydrogen-bond acceptors (Lipinski definition) is 8. The van der Waals surface area contributed by atoms with E-state index in [-0.39, 0.29) is 36.1 Å². The van der Waals surface area contributed by atoms with Gasteiger partial charge in [0.2, 0.25) is 5.91 Å². The van der Waals surface area contributed by atoms with Gasteiger partial charge in [0.1, 0.15) is 0 Å². The highest BCUT2D eigenvalue weighted by atomic mass is 16.5. The third-order valence-corrected chi connectivity index (χ3v) is 5.18. The Kier molecular flexibility index (Phi) is 5.65. The molecule has 134 valence electrons. The molecule has 0 radical (unpaired) electrons. The molecule has 0 bridgehead atoms. The van der Waals surface area contributed by atoms with Gasteiger partial charge in [0, 0.05) is 33.2 Å². The van der Waals surface area contributed by atoms with Crippen LogP contribution in [0.15, 0.2) is 0 Å². The molecule has 0 aromatic rings. The number of carbonyl (C=O) groups excluding carboxylic acids is 1. The van der Waals surface area contributed by atoms with Crippen molar-refractivity contribution in [2.45, 2.75) is 37.3 Å². The third-order valence-electron chi connectivity index (χ3n) is 5.18. The van der Waals surface area contributed by atoms with E-state index in [2.05, 4.69) is 27.4 Å². The number of piperidine rings is 1. The van der Waals surface area contributed by atoms with Crippen LogP contribution >= 0.6 is 0 Å². The first-order valence-corrected chi connectivity index (χ1v) is 8.56. The lowest BCUT2D eigenvalue weighted by molar-refractivity contribution is -0.128. The molecule has 3 heterocycles. The number of nitriles is 1. The summed E-state index contributed by atoms with van der Waals surface area (Å²) in [4.78, 5) is 12.8. The van der Waals surface area contributed by atoms with Gasteiger partial charge < -0.3 is 21.1 Å². The molecule has 3 aliphatic rings. The normalized spacial score (nSPS) is 39.9. The summed E-state index contributed by atoms with van der Waals surface area (Å²) in [6, 6.07) is 2.15. The van der Waals surface area contributed by atoms with Gasteiger partial charge >= 0.3 is 0 Å². The number of nitrogens with zero attached hydrogens (tertiary/aromatic N) is 2. The number of hydrazine groups is 1. The van der Waals surface area contributed by atoms with Crippen molar-refractivity contribution in [1.82, 2.24) is 26.4 Å². The minimum Gasteiger partial charge on any atom is -0.379 e. The smallest absolute Gasteiger partial charge is 0.229 e. The molecule has 0 saturated carbocycles. The van der Waals surface area contributed by atoms with E-state index >= 15 is 0 Å². The first-order chi connectivity index (χ1) is 11.6. The van der Waals surface area contributed by atoms with Gasteiger partial charge in [-0.25, -0.2) is 10.4 Å². The van der Waals surface area contributed by atoms with Gasteiger partial charge in [0.25, 0.3) is 0 Å². The molecular weight excluding hydrogens is 310 g/mol. The lowest BCUT2D eigenvalue weighted by atomic mass is 9.96. The molecule has 0 aromatic heterocycles. The van der Waals surface area contributed by atoms with E-state index in [1.807, 2.05) is 5.01 Å². The van der Waals surface area contributed by atoms with Crippen molar-refractivity contribution >= 4 is 5.91 Å². The van der Waals surface area contributed by atoms with Crippen LogP contribution < -0.4 is 27.1 Å². The molecule has 6 atom stereocenters. The quantitative estimate of drug-likeness (QED) is 0.386. The highest BCUT2D eigenvalue weighted by Crippen LogP contribution is 2.24. The Hall–Kier alpha value is -1.28. The van der Waals surface area contributed by atoms with E-state index in [9.17, 15) is 4.79 Å². The number of methoxy groups -OCH3 is 1. The molecule has 3 rings (SSSR count). The van der Waals surface area contributed by atoms with Crippen molar-refractivity contribution in [2.24, 2.45) is 17.6 Å². The fourth-order valence-corrected chi connectivity index (χ4v) is 3.89. The largest absolute Gasteiger partial charge is 0.379 e. The maximum absolute atomic E-state index is 12.8. The number of fused-ring (bicyclic) bond motifs is 1. The van der Waals surface area contributed by atoms with Crippen LogP contribution in [0.5, 0.6) is 0 Å². The molecule has 0 aromatic carbocycles. The van der Waals surface area contributed by atoms with Crippen LogP contribution in [-0.2, 0) is 9.53 Å². The SMILES string of the molecule is COC1CCNCC1NC(=O)C1C(N)NN2CC(CC#N)CNC12. The van der Waals surface area contributed by atoms with Crippen LogP contribution in [0.4, 0.5) is 0 Å². The van der Waals surface area contributed by atoms with Crippen LogP contribution in [0.2, 0.25) is 0 Å². The summed E-state index contributed by atoms with van der Waals surface area (Å²) in [6.45, 7) is 3.03. The molecule has 1 amide bonds. The lowest BCUT2D eigenvalue weighted by Crippen LogP contribution is -2.60. The van der Waals surface area contributed by atoms with Crippen molar-refractivity contribution in [3.8, 4) is 6.07 Å². The fraction of sp³-hybridized carbons (Fsp3) is 0.867. The van der Waals surface area contributed by atoms with Crippen LogP contribution in [0.1, 0.15) is 12.8 Å². The van der Waals surface area contributed by atoms with Crippen LogP contribution in [0.3, 0.4) is 0 Å². The fourth-order valence-electron chi connectivity index (χ4n) is 3.89. The minimum atomic E-state index is -0.444. The molecule has 9 heteroatoms. The summed E-state index contributed by atoms with van der Waals surface area (Å²) in [5.74, 6) is -0.204. The Morgan fingerprint density at radius 2 is 2.33 bits per heavy atom. The summed E-state index contributed by atoms with van der Waals surface area (Å²) in [5.41, 5.74) is 9.33. The third kappa shape index (κ3) is 3.54. The number of amides is 1. The van der Waals surface area contributed by atoms with Crippen LogP contribution in [0, 0.1) is 23.2 Å². The molecule has 3 saturated heterocycles. The molecule has 3 fully saturated rings.